The highest BCUT2D eigenvalue weighted by Gasteiger charge is 2.32. The summed E-state index contributed by atoms with van der Waals surface area (Å²) >= 11 is 0. The van der Waals surface area contributed by atoms with Crippen LogP contribution in [0, 0.1) is 12.7 Å². The van der Waals surface area contributed by atoms with E-state index >= 15 is 0 Å². The Balaban J connectivity index is 2.52. The van der Waals surface area contributed by atoms with Gasteiger partial charge in [0.2, 0.25) is 0 Å². The zero-order valence-electron chi connectivity index (χ0n) is 10.9. The number of hydrogen-bond acceptors (Lipinski definition) is 4. The number of sulfone groups is 1. The Bertz CT molecular complexity index is 632. The number of carbonyl (C=O) groups is 1. The third kappa shape index (κ3) is 2.69. The number of carboxylic acids is 1. The molecule has 1 N–H and O–H groups in total. The van der Waals surface area contributed by atoms with Crippen LogP contribution in [-0.2, 0) is 14.6 Å². The number of benzene rings is 1. The fraction of sp³-hybridized carbons (Fsp3) is 0.462. The molecule has 1 aliphatic rings. The predicted molar refractivity (Wildman–Crippen MR) is 69.1 cm³/mol. The van der Waals surface area contributed by atoms with E-state index in [0.29, 0.717) is 19.4 Å². The summed E-state index contributed by atoms with van der Waals surface area (Å²) in [7, 11) is -3.80. The van der Waals surface area contributed by atoms with Crippen molar-refractivity contribution in [1.82, 2.24) is 0 Å². The molecule has 1 fully saturated rings. The summed E-state index contributed by atoms with van der Waals surface area (Å²) < 4.78 is 43.9. The molecule has 2 rings (SSSR count). The van der Waals surface area contributed by atoms with Gasteiger partial charge in [0, 0.05) is 12.2 Å². The molecule has 1 aromatic rings. The van der Waals surface area contributed by atoms with Crippen molar-refractivity contribution < 1.29 is 27.4 Å². The molecule has 0 amide bonds. The lowest BCUT2D eigenvalue weighted by Gasteiger charge is -2.23. The van der Waals surface area contributed by atoms with Gasteiger partial charge in [-0.15, -0.1) is 0 Å². The highest BCUT2D eigenvalue weighted by Crippen LogP contribution is 2.27. The lowest BCUT2D eigenvalue weighted by molar-refractivity contribution is 0.0696. The van der Waals surface area contributed by atoms with E-state index in [1.165, 1.54) is 6.92 Å². The zero-order valence-corrected chi connectivity index (χ0v) is 11.7. The van der Waals surface area contributed by atoms with E-state index in [0.717, 1.165) is 12.1 Å². The van der Waals surface area contributed by atoms with Gasteiger partial charge in [0.25, 0.3) is 0 Å². The molecule has 20 heavy (non-hydrogen) atoms. The molecule has 1 saturated heterocycles. The fourth-order valence-electron chi connectivity index (χ4n) is 2.21. The molecular weight excluding hydrogens is 287 g/mol. The first-order valence-corrected chi connectivity index (χ1v) is 7.73. The maximum absolute atomic E-state index is 13.7. The largest absolute Gasteiger partial charge is 0.478 e. The average molecular weight is 302 g/mol. The van der Waals surface area contributed by atoms with E-state index in [2.05, 4.69) is 0 Å². The van der Waals surface area contributed by atoms with E-state index < -0.39 is 26.9 Å². The van der Waals surface area contributed by atoms with Crippen molar-refractivity contribution in [1.29, 1.82) is 0 Å². The fourth-order valence-corrected chi connectivity index (χ4v) is 4.14. The highest BCUT2D eigenvalue weighted by molar-refractivity contribution is 7.92. The molecular formula is C13H15FO5S. The van der Waals surface area contributed by atoms with E-state index in [1.807, 2.05) is 0 Å². The van der Waals surface area contributed by atoms with Crippen LogP contribution in [0.1, 0.15) is 28.8 Å². The predicted octanol–water partition coefficient (Wildman–Crippen LogP) is 1.79. The molecule has 0 aromatic heterocycles. The van der Waals surface area contributed by atoms with Crippen LogP contribution in [0.15, 0.2) is 17.0 Å². The highest BCUT2D eigenvalue weighted by atomic mass is 32.2. The van der Waals surface area contributed by atoms with Gasteiger partial charge in [0.15, 0.2) is 9.84 Å². The van der Waals surface area contributed by atoms with Crippen LogP contribution in [0.3, 0.4) is 0 Å². The van der Waals surface area contributed by atoms with Crippen LogP contribution in [-0.4, -0.2) is 38.0 Å². The first-order valence-electron chi connectivity index (χ1n) is 6.19. The van der Waals surface area contributed by atoms with E-state index in [1.54, 1.807) is 0 Å². The SMILES string of the molecule is Cc1c(F)cc(C(=O)O)cc1S(=O)(=O)C1CCCOC1. The molecule has 1 aliphatic heterocycles. The van der Waals surface area contributed by atoms with Gasteiger partial charge in [-0.1, -0.05) is 0 Å². The standard InChI is InChI=1S/C13H15FO5S/c1-8-11(14)5-9(13(15)16)6-12(8)20(17,18)10-3-2-4-19-7-10/h5-6,10H,2-4,7H2,1H3,(H,15,16). The number of ether oxygens (including phenoxy) is 1. The van der Waals surface area contributed by atoms with Gasteiger partial charge in [-0.25, -0.2) is 17.6 Å². The second-order valence-corrected chi connectivity index (χ2v) is 6.97. The first kappa shape index (κ1) is 14.9. The van der Waals surface area contributed by atoms with Crippen molar-refractivity contribution in [3.8, 4) is 0 Å². The van der Waals surface area contributed by atoms with Crippen molar-refractivity contribution in [3.63, 3.8) is 0 Å². The number of aromatic carboxylic acids is 1. The van der Waals surface area contributed by atoms with Gasteiger partial charge < -0.3 is 9.84 Å². The molecule has 0 bridgehead atoms. The van der Waals surface area contributed by atoms with Gasteiger partial charge in [-0.05, 0) is 31.9 Å². The van der Waals surface area contributed by atoms with Crippen molar-refractivity contribution in [3.05, 3.63) is 29.1 Å². The Morgan fingerprint density at radius 3 is 2.70 bits per heavy atom. The quantitative estimate of drug-likeness (QED) is 0.920. The molecule has 0 saturated carbocycles. The van der Waals surface area contributed by atoms with E-state index in [9.17, 15) is 17.6 Å². The van der Waals surface area contributed by atoms with Crippen LogP contribution in [0.4, 0.5) is 4.39 Å². The summed E-state index contributed by atoms with van der Waals surface area (Å²) in [5.41, 5.74) is -0.427. The first-order chi connectivity index (χ1) is 9.34. The van der Waals surface area contributed by atoms with E-state index in [-0.39, 0.29) is 22.6 Å². The molecule has 0 spiro atoms. The summed E-state index contributed by atoms with van der Waals surface area (Å²) in [5.74, 6) is -2.19. The third-order valence-corrected chi connectivity index (χ3v) is 5.69. The second kappa shape index (κ2) is 5.49. The molecule has 1 unspecified atom stereocenters. The van der Waals surface area contributed by atoms with Gasteiger partial charge in [-0.3, -0.25) is 0 Å². The van der Waals surface area contributed by atoms with Gasteiger partial charge in [0.05, 0.1) is 22.3 Å². The zero-order chi connectivity index (χ0) is 14.9. The topological polar surface area (TPSA) is 80.7 Å². The number of halogens is 1. The van der Waals surface area contributed by atoms with Crippen molar-refractivity contribution >= 4 is 15.8 Å². The minimum atomic E-state index is -3.80. The van der Waals surface area contributed by atoms with Crippen LogP contribution in [0.25, 0.3) is 0 Å². The number of hydrogen-bond donors (Lipinski definition) is 1. The van der Waals surface area contributed by atoms with Gasteiger partial charge in [0.1, 0.15) is 5.82 Å². The normalized spacial score (nSPS) is 19.8. The van der Waals surface area contributed by atoms with Gasteiger partial charge in [-0.2, -0.15) is 0 Å². The Kier molecular flexibility index (Phi) is 4.10. The van der Waals surface area contributed by atoms with Crippen molar-refractivity contribution in [2.24, 2.45) is 0 Å². The summed E-state index contributed by atoms with van der Waals surface area (Å²) in [6.07, 6.45) is 1.05. The third-order valence-electron chi connectivity index (χ3n) is 3.41. The van der Waals surface area contributed by atoms with Crippen LogP contribution >= 0.6 is 0 Å². The summed E-state index contributed by atoms with van der Waals surface area (Å²) in [6.45, 7) is 1.90. The average Bonchev–Trinajstić information content (AvgIpc) is 2.42. The molecule has 7 heteroatoms. The number of rotatable bonds is 3. The Morgan fingerprint density at radius 1 is 1.45 bits per heavy atom. The molecule has 110 valence electrons. The minimum absolute atomic E-state index is 0.0550. The summed E-state index contributed by atoms with van der Waals surface area (Å²) in [5, 5.41) is 8.16. The smallest absolute Gasteiger partial charge is 0.335 e. The molecule has 0 radical (unpaired) electrons. The van der Waals surface area contributed by atoms with Crippen molar-refractivity contribution in [2.45, 2.75) is 29.9 Å². The second-order valence-electron chi connectivity index (χ2n) is 4.77. The van der Waals surface area contributed by atoms with Crippen LogP contribution < -0.4 is 0 Å². The summed E-state index contributed by atoms with van der Waals surface area (Å²) in [4.78, 5) is 10.7. The lowest BCUT2D eigenvalue weighted by Crippen LogP contribution is -2.31. The summed E-state index contributed by atoms with van der Waals surface area (Å²) in [6, 6.07) is 1.85. The molecule has 0 aliphatic carbocycles. The number of carboxylic acid groups (broad SMARTS) is 1. The maximum atomic E-state index is 13.7. The molecule has 1 aromatic carbocycles. The molecule has 5 nitrogen and oxygen atoms in total. The Labute approximate surface area is 116 Å². The molecule has 1 heterocycles. The Hall–Kier alpha value is -1.47. The lowest BCUT2D eigenvalue weighted by atomic mass is 10.1. The monoisotopic (exact) mass is 302 g/mol. The molecule has 1 atom stereocenters. The van der Waals surface area contributed by atoms with Crippen LogP contribution in [0.5, 0.6) is 0 Å². The maximum Gasteiger partial charge on any atom is 0.335 e. The van der Waals surface area contributed by atoms with Crippen LogP contribution in [0.2, 0.25) is 0 Å². The van der Waals surface area contributed by atoms with Crippen molar-refractivity contribution in [2.75, 3.05) is 13.2 Å². The van der Waals surface area contributed by atoms with Gasteiger partial charge >= 0.3 is 5.97 Å². The Morgan fingerprint density at radius 2 is 2.15 bits per heavy atom. The van der Waals surface area contributed by atoms with E-state index in [4.69, 9.17) is 9.84 Å². The minimum Gasteiger partial charge on any atom is -0.478 e.